The molecule has 2 aromatic heterocycles. The zero-order chi connectivity index (χ0) is 17.2. The molecule has 0 atom stereocenters. The normalized spacial score (nSPS) is 17.5. The molecule has 1 fully saturated rings. The zero-order valence-corrected chi connectivity index (χ0v) is 14.9. The van der Waals surface area contributed by atoms with Crippen LogP contribution in [0.2, 0.25) is 0 Å². The molecule has 0 bridgehead atoms. The minimum atomic E-state index is 0.00346. The van der Waals surface area contributed by atoms with Gasteiger partial charge in [0, 0.05) is 29.9 Å². The van der Waals surface area contributed by atoms with Crippen molar-refractivity contribution in [1.29, 1.82) is 0 Å². The SMILES string of the molecule is O=C(NC1CN(C(=O)Cc2ccn[nH]2)C1)c1cc2c(s1)CCCCC2. The molecule has 1 aliphatic carbocycles. The third-order valence-corrected chi connectivity index (χ3v) is 6.18. The second kappa shape index (κ2) is 7.00. The fourth-order valence-electron chi connectivity index (χ4n) is 3.47. The summed E-state index contributed by atoms with van der Waals surface area (Å²) in [6.45, 7) is 1.17. The number of aromatic amines is 1. The van der Waals surface area contributed by atoms with E-state index in [2.05, 4.69) is 21.6 Å². The Kier molecular flexibility index (Phi) is 4.57. The Balaban J connectivity index is 1.28. The van der Waals surface area contributed by atoms with E-state index in [1.807, 2.05) is 0 Å². The molecule has 0 aromatic carbocycles. The van der Waals surface area contributed by atoms with Crippen molar-refractivity contribution in [2.24, 2.45) is 0 Å². The number of carbonyl (C=O) groups excluding carboxylic acids is 2. The fourth-order valence-corrected chi connectivity index (χ4v) is 4.62. The van der Waals surface area contributed by atoms with E-state index in [1.54, 1.807) is 28.5 Å². The van der Waals surface area contributed by atoms with E-state index >= 15 is 0 Å². The first kappa shape index (κ1) is 16.3. The highest BCUT2D eigenvalue weighted by atomic mass is 32.1. The molecule has 25 heavy (non-hydrogen) atoms. The number of nitrogens with one attached hydrogen (secondary N) is 2. The largest absolute Gasteiger partial charge is 0.345 e. The Labute approximate surface area is 150 Å². The molecule has 1 aliphatic heterocycles. The van der Waals surface area contributed by atoms with E-state index in [4.69, 9.17) is 0 Å². The van der Waals surface area contributed by atoms with Gasteiger partial charge in [-0.1, -0.05) is 6.42 Å². The second-order valence-corrected chi connectivity index (χ2v) is 7.98. The highest BCUT2D eigenvalue weighted by Gasteiger charge is 2.32. The number of nitrogens with zero attached hydrogens (tertiary/aromatic N) is 2. The highest BCUT2D eigenvalue weighted by Crippen LogP contribution is 2.29. The lowest BCUT2D eigenvalue weighted by Gasteiger charge is -2.39. The van der Waals surface area contributed by atoms with Crippen molar-refractivity contribution in [3.8, 4) is 0 Å². The van der Waals surface area contributed by atoms with Crippen LogP contribution in [-0.4, -0.2) is 46.0 Å². The standard InChI is InChI=1S/C18H22N4O2S/c23-17(9-13-6-7-19-21-13)22-10-14(11-22)20-18(24)16-8-12-4-2-1-3-5-15(12)25-16/h6-8,14H,1-5,9-11H2,(H,19,21)(H,20,24). The van der Waals surface area contributed by atoms with Crippen LogP contribution >= 0.6 is 11.3 Å². The molecule has 3 heterocycles. The third kappa shape index (κ3) is 3.61. The number of H-pyrrole nitrogens is 1. The van der Waals surface area contributed by atoms with Gasteiger partial charge in [-0.05, 0) is 43.4 Å². The molecule has 0 spiro atoms. The Morgan fingerprint density at radius 3 is 2.92 bits per heavy atom. The molecule has 4 rings (SSSR count). The summed E-state index contributed by atoms with van der Waals surface area (Å²) in [5.41, 5.74) is 2.18. The van der Waals surface area contributed by atoms with Gasteiger partial charge in [-0.25, -0.2) is 0 Å². The minimum absolute atomic E-state index is 0.00346. The van der Waals surface area contributed by atoms with Crippen LogP contribution in [0.25, 0.3) is 0 Å². The Morgan fingerprint density at radius 2 is 2.12 bits per heavy atom. The number of amides is 2. The molecule has 6 nitrogen and oxygen atoms in total. The summed E-state index contributed by atoms with van der Waals surface area (Å²) in [5, 5.41) is 9.70. The van der Waals surface area contributed by atoms with Crippen molar-refractivity contribution in [3.05, 3.63) is 39.3 Å². The number of fused-ring (bicyclic) bond motifs is 1. The molecule has 7 heteroatoms. The molecule has 0 unspecified atom stereocenters. The highest BCUT2D eigenvalue weighted by molar-refractivity contribution is 7.14. The van der Waals surface area contributed by atoms with Crippen LogP contribution < -0.4 is 5.32 Å². The van der Waals surface area contributed by atoms with Crippen LogP contribution in [0.3, 0.4) is 0 Å². The summed E-state index contributed by atoms with van der Waals surface area (Å²) in [6.07, 6.45) is 7.91. The quantitative estimate of drug-likeness (QED) is 0.820. The van der Waals surface area contributed by atoms with Crippen LogP contribution in [0.4, 0.5) is 0 Å². The maximum absolute atomic E-state index is 12.5. The Hall–Kier alpha value is -2.15. The summed E-state index contributed by atoms with van der Waals surface area (Å²) in [5.74, 6) is 0.0707. The molecule has 0 saturated carbocycles. The van der Waals surface area contributed by atoms with Gasteiger partial charge >= 0.3 is 0 Å². The number of aromatic nitrogens is 2. The first-order valence-electron chi connectivity index (χ1n) is 8.87. The number of rotatable bonds is 4. The van der Waals surface area contributed by atoms with Crippen LogP contribution in [0.1, 0.15) is 45.1 Å². The third-order valence-electron chi connectivity index (χ3n) is 4.94. The van der Waals surface area contributed by atoms with Crippen molar-refractivity contribution >= 4 is 23.2 Å². The van der Waals surface area contributed by atoms with Crippen LogP contribution in [0, 0.1) is 0 Å². The number of hydrogen-bond acceptors (Lipinski definition) is 4. The molecule has 2 N–H and O–H groups in total. The van der Waals surface area contributed by atoms with E-state index in [0.717, 1.165) is 23.4 Å². The number of carbonyl (C=O) groups is 2. The number of thiophene rings is 1. The lowest BCUT2D eigenvalue weighted by molar-refractivity contribution is -0.135. The van der Waals surface area contributed by atoms with Crippen molar-refractivity contribution in [3.63, 3.8) is 0 Å². The van der Waals surface area contributed by atoms with E-state index < -0.39 is 0 Å². The maximum atomic E-state index is 12.5. The molecule has 2 amide bonds. The van der Waals surface area contributed by atoms with Crippen molar-refractivity contribution < 1.29 is 9.59 Å². The molecular weight excluding hydrogens is 336 g/mol. The molecular formula is C18H22N4O2S. The topological polar surface area (TPSA) is 78.1 Å². The summed E-state index contributed by atoms with van der Waals surface area (Å²) in [6, 6.07) is 3.93. The second-order valence-electron chi connectivity index (χ2n) is 6.85. The number of hydrogen-bond donors (Lipinski definition) is 2. The van der Waals surface area contributed by atoms with Gasteiger partial charge in [-0.3, -0.25) is 14.7 Å². The monoisotopic (exact) mass is 358 g/mol. The van der Waals surface area contributed by atoms with E-state index in [0.29, 0.717) is 19.5 Å². The van der Waals surface area contributed by atoms with Gasteiger partial charge in [-0.15, -0.1) is 11.3 Å². The number of likely N-dealkylation sites (tertiary alicyclic amines) is 1. The van der Waals surface area contributed by atoms with Gasteiger partial charge in [0.25, 0.3) is 5.91 Å². The van der Waals surface area contributed by atoms with Crippen LogP contribution in [0.5, 0.6) is 0 Å². The summed E-state index contributed by atoms with van der Waals surface area (Å²) < 4.78 is 0. The first-order chi connectivity index (χ1) is 12.2. The van der Waals surface area contributed by atoms with Gasteiger partial charge in [0.1, 0.15) is 0 Å². The smallest absolute Gasteiger partial charge is 0.261 e. The minimum Gasteiger partial charge on any atom is -0.345 e. The van der Waals surface area contributed by atoms with E-state index in [9.17, 15) is 9.59 Å². The molecule has 0 radical (unpaired) electrons. The lowest BCUT2D eigenvalue weighted by Crippen LogP contribution is -2.61. The maximum Gasteiger partial charge on any atom is 0.261 e. The van der Waals surface area contributed by atoms with E-state index in [-0.39, 0.29) is 17.9 Å². The predicted octanol–water partition coefficient (Wildman–Crippen LogP) is 1.92. The summed E-state index contributed by atoms with van der Waals surface area (Å²) >= 11 is 1.64. The summed E-state index contributed by atoms with van der Waals surface area (Å²) in [7, 11) is 0. The van der Waals surface area contributed by atoms with Crippen molar-refractivity contribution in [2.45, 2.75) is 44.6 Å². The molecule has 2 aliphatic rings. The van der Waals surface area contributed by atoms with Gasteiger partial charge in [0.05, 0.1) is 17.3 Å². The average molecular weight is 358 g/mol. The predicted molar refractivity (Wildman–Crippen MR) is 95.7 cm³/mol. The molecule has 132 valence electrons. The van der Waals surface area contributed by atoms with Crippen molar-refractivity contribution in [1.82, 2.24) is 20.4 Å². The first-order valence-corrected chi connectivity index (χ1v) is 9.69. The number of aryl methyl sites for hydroxylation is 2. The van der Waals surface area contributed by atoms with E-state index in [1.165, 1.54) is 29.7 Å². The molecule has 2 aromatic rings. The van der Waals surface area contributed by atoms with Gasteiger partial charge in [0.2, 0.25) is 5.91 Å². The average Bonchev–Trinajstić information content (AvgIpc) is 3.16. The Morgan fingerprint density at radius 1 is 1.28 bits per heavy atom. The van der Waals surface area contributed by atoms with Gasteiger partial charge in [-0.2, -0.15) is 5.10 Å². The van der Waals surface area contributed by atoms with Crippen LogP contribution in [0.15, 0.2) is 18.3 Å². The van der Waals surface area contributed by atoms with Crippen molar-refractivity contribution in [2.75, 3.05) is 13.1 Å². The Bertz CT molecular complexity index is 739. The summed E-state index contributed by atoms with van der Waals surface area (Å²) in [4.78, 5) is 28.6. The fraction of sp³-hybridized carbons (Fsp3) is 0.500. The van der Waals surface area contributed by atoms with Gasteiger partial charge < -0.3 is 10.2 Å². The zero-order valence-electron chi connectivity index (χ0n) is 14.1. The van der Waals surface area contributed by atoms with Crippen LogP contribution in [-0.2, 0) is 24.1 Å². The van der Waals surface area contributed by atoms with Gasteiger partial charge in [0.15, 0.2) is 0 Å². The lowest BCUT2D eigenvalue weighted by atomic mass is 10.1. The molecule has 1 saturated heterocycles.